The minimum absolute atomic E-state index is 0.191. The SMILES string of the molecule is Cc1cnc(Cl)nc1C1(OC=O)CCC1. The van der Waals surface area contributed by atoms with Crippen molar-refractivity contribution in [3.63, 3.8) is 0 Å². The maximum atomic E-state index is 10.5. The van der Waals surface area contributed by atoms with Crippen molar-refractivity contribution in [2.24, 2.45) is 0 Å². The maximum absolute atomic E-state index is 10.5. The molecular weight excluding hydrogens is 216 g/mol. The highest BCUT2D eigenvalue weighted by Crippen LogP contribution is 2.44. The van der Waals surface area contributed by atoms with Gasteiger partial charge in [-0.1, -0.05) is 0 Å². The number of rotatable bonds is 3. The van der Waals surface area contributed by atoms with Gasteiger partial charge in [0, 0.05) is 6.20 Å². The van der Waals surface area contributed by atoms with E-state index in [9.17, 15) is 4.79 Å². The lowest BCUT2D eigenvalue weighted by Gasteiger charge is -2.39. The topological polar surface area (TPSA) is 52.1 Å². The highest BCUT2D eigenvalue weighted by molar-refractivity contribution is 6.28. The monoisotopic (exact) mass is 226 g/mol. The van der Waals surface area contributed by atoms with E-state index < -0.39 is 5.60 Å². The molecule has 0 aliphatic heterocycles. The van der Waals surface area contributed by atoms with Crippen LogP contribution in [-0.2, 0) is 15.1 Å². The number of halogens is 1. The summed E-state index contributed by atoms with van der Waals surface area (Å²) in [6.45, 7) is 2.37. The molecule has 1 fully saturated rings. The number of ether oxygens (including phenoxy) is 1. The third-order valence-electron chi connectivity index (χ3n) is 2.81. The highest BCUT2D eigenvalue weighted by atomic mass is 35.5. The van der Waals surface area contributed by atoms with Gasteiger partial charge < -0.3 is 4.74 Å². The molecule has 5 heteroatoms. The predicted octanol–water partition coefficient (Wildman–Crippen LogP) is 1.99. The second kappa shape index (κ2) is 3.77. The molecule has 0 atom stereocenters. The van der Waals surface area contributed by atoms with Crippen molar-refractivity contribution >= 4 is 18.1 Å². The van der Waals surface area contributed by atoms with Gasteiger partial charge in [0.15, 0.2) is 5.60 Å². The Morgan fingerprint density at radius 3 is 2.87 bits per heavy atom. The van der Waals surface area contributed by atoms with Crippen molar-refractivity contribution in [3.05, 3.63) is 22.7 Å². The zero-order chi connectivity index (χ0) is 10.9. The number of aromatic nitrogens is 2. The Morgan fingerprint density at radius 2 is 2.33 bits per heavy atom. The molecule has 1 aromatic rings. The van der Waals surface area contributed by atoms with Crippen LogP contribution in [-0.4, -0.2) is 16.4 Å². The summed E-state index contributed by atoms with van der Waals surface area (Å²) in [5.41, 5.74) is 1.08. The number of aryl methyl sites for hydroxylation is 1. The zero-order valence-corrected chi connectivity index (χ0v) is 9.12. The lowest BCUT2D eigenvalue weighted by Crippen LogP contribution is -2.38. The molecule has 1 aliphatic carbocycles. The van der Waals surface area contributed by atoms with E-state index in [-0.39, 0.29) is 5.28 Å². The third kappa shape index (κ3) is 1.69. The molecule has 1 aliphatic rings. The van der Waals surface area contributed by atoms with Crippen LogP contribution < -0.4 is 0 Å². The van der Waals surface area contributed by atoms with Gasteiger partial charge in [0.1, 0.15) is 0 Å². The first-order valence-electron chi connectivity index (χ1n) is 4.79. The summed E-state index contributed by atoms with van der Waals surface area (Å²) < 4.78 is 5.16. The molecule has 0 saturated heterocycles. The zero-order valence-electron chi connectivity index (χ0n) is 8.36. The molecule has 0 unspecified atom stereocenters. The second-order valence-corrected chi connectivity index (χ2v) is 4.07. The van der Waals surface area contributed by atoms with Crippen LogP contribution in [0.2, 0.25) is 5.28 Å². The second-order valence-electron chi connectivity index (χ2n) is 3.73. The van der Waals surface area contributed by atoms with Crippen molar-refractivity contribution in [2.75, 3.05) is 0 Å². The van der Waals surface area contributed by atoms with E-state index in [1.807, 2.05) is 6.92 Å². The molecule has 0 spiro atoms. The summed E-state index contributed by atoms with van der Waals surface area (Å²) >= 11 is 5.74. The van der Waals surface area contributed by atoms with Gasteiger partial charge in [0.2, 0.25) is 5.28 Å². The fourth-order valence-electron chi connectivity index (χ4n) is 1.88. The number of carbonyl (C=O) groups excluding carboxylic acids is 1. The van der Waals surface area contributed by atoms with Crippen molar-refractivity contribution in [2.45, 2.75) is 31.8 Å². The Morgan fingerprint density at radius 1 is 1.60 bits per heavy atom. The quantitative estimate of drug-likeness (QED) is 0.584. The van der Waals surface area contributed by atoms with Crippen molar-refractivity contribution in [1.82, 2.24) is 9.97 Å². The Labute approximate surface area is 92.6 Å². The molecule has 0 N–H and O–H groups in total. The third-order valence-corrected chi connectivity index (χ3v) is 2.99. The van der Waals surface area contributed by atoms with Gasteiger partial charge in [0.05, 0.1) is 5.69 Å². The lowest BCUT2D eigenvalue weighted by molar-refractivity contribution is -0.156. The van der Waals surface area contributed by atoms with E-state index in [0.29, 0.717) is 6.47 Å². The predicted molar refractivity (Wildman–Crippen MR) is 54.5 cm³/mol. The molecule has 1 aromatic heterocycles. The van der Waals surface area contributed by atoms with Gasteiger partial charge in [-0.3, -0.25) is 4.79 Å². The van der Waals surface area contributed by atoms with E-state index in [1.165, 1.54) is 0 Å². The average Bonchev–Trinajstić information content (AvgIpc) is 2.16. The van der Waals surface area contributed by atoms with Crippen LogP contribution in [0.1, 0.15) is 30.5 Å². The van der Waals surface area contributed by atoms with Crippen LogP contribution in [0.5, 0.6) is 0 Å². The van der Waals surface area contributed by atoms with Crippen molar-refractivity contribution in [3.8, 4) is 0 Å². The van der Waals surface area contributed by atoms with Crippen LogP contribution in [0.4, 0.5) is 0 Å². The first-order valence-corrected chi connectivity index (χ1v) is 5.17. The van der Waals surface area contributed by atoms with Gasteiger partial charge in [-0.25, -0.2) is 9.97 Å². The normalized spacial score (nSPS) is 18.0. The van der Waals surface area contributed by atoms with Crippen LogP contribution in [0.15, 0.2) is 6.20 Å². The van der Waals surface area contributed by atoms with E-state index in [0.717, 1.165) is 30.5 Å². The molecule has 1 saturated carbocycles. The molecule has 80 valence electrons. The number of hydrogen-bond acceptors (Lipinski definition) is 4. The Bertz CT molecular complexity index is 391. The molecule has 2 rings (SSSR count). The average molecular weight is 227 g/mol. The first-order chi connectivity index (χ1) is 7.18. The molecule has 4 nitrogen and oxygen atoms in total. The van der Waals surface area contributed by atoms with Crippen molar-refractivity contribution < 1.29 is 9.53 Å². The van der Waals surface area contributed by atoms with E-state index in [4.69, 9.17) is 16.3 Å². The maximum Gasteiger partial charge on any atom is 0.294 e. The molecule has 0 amide bonds. The minimum atomic E-state index is -0.557. The summed E-state index contributed by atoms with van der Waals surface area (Å²) in [6, 6.07) is 0. The number of nitrogens with zero attached hydrogens (tertiary/aromatic N) is 2. The molecule has 1 heterocycles. The number of hydrogen-bond donors (Lipinski definition) is 0. The lowest BCUT2D eigenvalue weighted by atomic mass is 9.76. The summed E-state index contributed by atoms with van der Waals surface area (Å²) in [5.74, 6) is 0. The van der Waals surface area contributed by atoms with Gasteiger partial charge >= 0.3 is 0 Å². The number of carbonyl (C=O) groups is 1. The molecule has 0 aromatic carbocycles. The summed E-state index contributed by atoms with van der Waals surface area (Å²) in [6.07, 6.45) is 4.30. The van der Waals surface area contributed by atoms with Crippen molar-refractivity contribution in [1.29, 1.82) is 0 Å². The fourth-order valence-corrected chi connectivity index (χ4v) is 2.02. The van der Waals surface area contributed by atoms with E-state index in [2.05, 4.69) is 9.97 Å². The van der Waals surface area contributed by atoms with Crippen LogP contribution in [0, 0.1) is 6.92 Å². The van der Waals surface area contributed by atoms with E-state index >= 15 is 0 Å². The van der Waals surface area contributed by atoms with Crippen LogP contribution in [0.3, 0.4) is 0 Å². The smallest absolute Gasteiger partial charge is 0.294 e. The molecule has 15 heavy (non-hydrogen) atoms. The Hall–Kier alpha value is -1.16. The summed E-state index contributed by atoms with van der Waals surface area (Å²) in [4.78, 5) is 18.5. The van der Waals surface area contributed by atoms with E-state index in [1.54, 1.807) is 6.20 Å². The van der Waals surface area contributed by atoms with Gasteiger partial charge in [-0.05, 0) is 43.4 Å². The van der Waals surface area contributed by atoms with Gasteiger partial charge in [0.25, 0.3) is 6.47 Å². The first kappa shape index (κ1) is 10.4. The van der Waals surface area contributed by atoms with Gasteiger partial charge in [-0.2, -0.15) is 0 Å². The Kier molecular flexibility index (Phi) is 2.61. The molecule has 0 bridgehead atoms. The standard InChI is InChI=1S/C10H11ClN2O2/c1-7-5-12-9(11)13-8(7)10(15-6-14)3-2-4-10/h5-6H,2-4H2,1H3. The summed E-state index contributed by atoms with van der Waals surface area (Å²) in [5, 5.41) is 0.191. The minimum Gasteiger partial charge on any atom is -0.455 e. The van der Waals surface area contributed by atoms with Crippen LogP contribution >= 0.6 is 11.6 Å². The van der Waals surface area contributed by atoms with Crippen LogP contribution in [0.25, 0.3) is 0 Å². The Balaban J connectivity index is 2.41. The highest BCUT2D eigenvalue weighted by Gasteiger charge is 2.43. The molecule has 0 radical (unpaired) electrons. The van der Waals surface area contributed by atoms with Gasteiger partial charge in [-0.15, -0.1) is 0 Å². The molecular formula is C10H11ClN2O2. The fraction of sp³-hybridized carbons (Fsp3) is 0.500. The summed E-state index contributed by atoms with van der Waals surface area (Å²) in [7, 11) is 0. The largest absolute Gasteiger partial charge is 0.455 e.